The molecule has 0 aliphatic heterocycles. The van der Waals surface area contributed by atoms with E-state index in [2.05, 4.69) is 95.1 Å². The zero-order chi connectivity index (χ0) is 26.4. The lowest BCUT2D eigenvalue weighted by molar-refractivity contribution is 0.411. The number of H-pyrrole nitrogens is 2. The fourth-order valence-electron chi connectivity index (χ4n) is 4.73. The third kappa shape index (κ3) is 4.70. The van der Waals surface area contributed by atoms with Crippen LogP contribution in [0, 0.1) is 12.3 Å². The lowest BCUT2D eigenvalue weighted by atomic mass is 9.91. The molecule has 0 unspecified atom stereocenters. The van der Waals surface area contributed by atoms with Crippen molar-refractivity contribution in [1.29, 1.82) is 0 Å². The molecule has 0 aromatic carbocycles. The van der Waals surface area contributed by atoms with Gasteiger partial charge >= 0.3 is 0 Å². The Morgan fingerprint density at radius 3 is 2.74 bits per heavy atom. The van der Waals surface area contributed by atoms with Crippen molar-refractivity contribution in [2.75, 3.05) is 5.32 Å². The molecule has 0 aliphatic carbocycles. The molecule has 7 nitrogen and oxygen atoms in total. The zero-order valence-electron chi connectivity index (χ0n) is 21.9. The number of thiophene rings is 1. The Kier molecular flexibility index (Phi) is 5.84. The Hall–Kier alpha value is -4.30. The third-order valence-corrected chi connectivity index (χ3v) is 7.33. The van der Waals surface area contributed by atoms with E-state index in [9.17, 15) is 0 Å². The predicted octanol–water partition coefficient (Wildman–Crippen LogP) is 7.96. The van der Waals surface area contributed by atoms with Crippen molar-refractivity contribution in [3.05, 3.63) is 78.2 Å². The van der Waals surface area contributed by atoms with Crippen LogP contribution >= 0.6 is 11.3 Å². The molecule has 0 atom stereocenters. The number of nitrogens with one attached hydrogen (secondary N) is 3. The van der Waals surface area contributed by atoms with Crippen LogP contribution in [-0.2, 0) is 0 Å². The largest absolute Gasteiger partial charge is 0.358 e. The van der Waals surface area contributed by atoms with Gasteiger partial charge in [-0.2, -0.15) is 5.10 Å². The molecule has 0 saturated carbocycles. The van der Waals surface area contributed by atoms with Crippen molar-refractivity contribution < 1.29 is 0 Å². The number of anilines is 1. The van der Waals surface area contributed by atoms with Gasteiger partial charge in [0.25, 0.3) is 0 Å². The van der Waals surface area contributed by atoms with Crippen molar-refractivity contribution >= 4 is 39.1 Å². The number of aromatic nitrogens is 6. The molecular formula is C30H29N7S. The van der Waals surface area contributed by atoms with Crippen molar-refractivity contribution in [2.45, 2.75) is 34.1 Å². The first kappa shape index (κ1) is 24.1. The van der Waals surface area contributed by atoms with Crippen LogP contribution in [0.25, 0.3) is 55.2 Å². The summed E-state index contributed by atoms with van der Waals surface area (Å²) in [7, 11) is 0. The number of rotatable bonds is 6. The van der Waals surface area contributed by atoms with Crippen LogP contribution < -0.4 is 5.32 Å². The van der Waals surface area contributed by atoms with Crippen LogP contribution in [0.3, 0.4) is 0 Å². The molecule has 0 fully saturated rings. The monoisotopic (exact) mass is 519 g/mol. The van der Waals surface area contributed by atoms with E-state index in [1.54, 1.807) is 11.3 Å². The fraction of sp³-hybridized carbons (Fsp3) is 0.200. The van der Waals surface area contributed by atoms with Gasteiger partial charge < -0.3 is 10.3 Å². The van der Waals surface area contributed by atoms with Gasteiger partial charge in [0.05, 0.1) is 28.8 Å². The summed E-state index contributed by atoms with van der Waals surface area (Å²) in [5, 5.41) is 12.2. The molecule has 6 aromatic rings. The normalized spacial score (nSPS) is 11.9. The summed E-state index contributed by atoms with van der Waals surface area (Å²) in [6.45, 7) is 12.9. The Morgan fingerprint density at radius 2 is 1.95 bits per heavy atom. The van der Waals surface area contributed by atoms with Gasteiger partial charge in [0, 0.05) is 44.4 Å². The molecule has 0 spiro atoms. The molecule has 38 heavy (non-hydrogen) atoms. The second-order valence-corrected chi connectivity index (χ2v) is 12.1. The first-order valence-electron chi connectivity index (χ1n) is 12.5. The Morgan fingerprint density at radius 1 is 1.08 bits per heavy atom. The van der Waals surface area contributed by atoms with E-state index in [4.69, 9.17) is 4.98 Å². The average Bonchev–Trinajstić information content (AvgIpc) is 3.60. The van der Waals surface area contributed by atoms with E-state index in [1.807, 2.05) is 30.7 Å². The van der Waals surface area contributed by atoms with Gasteiger partial charge in [-0.3, -0.25) is 10.1 Å². The van der Waals surface area contributed by atoms with Crippen LogP contribution in [0.4, 0.5) is 5.69 Å². The number of hydrogen-bond acceptors (Lipinski definition) is 6. The highest BCUT2D eigenvalue weighted by Gasteiger charge is 2.17. The molecule has 3 N–H and O–H groups in total. The maximum absolute atomic E-state index is 4.99. The molecule has 0 bridgehead atoms. The van der Waals surface area contributed by atoms with Crippen LogP contribution in [0.2, 0.25) is 0 Å². The minimum absolute atomic E-state index is 0.154. The SMILES string of the molecule is C=C(CC(C)(C)C)Nc1cncc(-c2ccc3[nH]nc(-c4cc5c(-c6ccc(C)s6)ccnc5[nH]4)c3n2)c1. The van der Waals surface area contributed by atoms with E-state index in [0.717, 1.165) is 68.1 Å². The first-order valence-corrected chi connectivity index (χ1v) is 13.4. The first-order chi connectivity index (χ1) is 18.2. The second kappa shape index (κ2) is 9.22. The molecule has 190 valence electrons. The van der Waals surface area contributed by atoms with E-state index >= 15 is 0 Å². The van der Waals surface area contributed by atoms with Gasteiger partial charge in [0.1, 0.15) is 16.9 Å². The van der Waals surface area contributed by atoms with Crippen molar-refractivity contribution in [3.8, 4) is 33.1 Å². The lowest BCUT2D eigenvalue weighted by Crippen LogP contribution is -2.10. The third-order valence-electron chi connectivity index (χ3n) is 6.30. The average molecular weight is 520 g/mol. The van der Waals surface area contributed by atoms with Gasteiger partial charge in [0.2, 0.25) is 0 Å². The molecule has 0 radical (unpaired) electrons. The molecule has 6 heterocycles. The fourth-order valence-corrected chi connectivity index (χ4v) is 5.64. The van der Waals surface area contributed by atoms with Gasteiger partial charge in [-0.05, 0) is 61.2 Å². The summed E-state index contributed by atoms with van der Waals surface area (Å²) in [5.74, 6) is 0. The lowest BCUT2D eigenvalue weighted by Gasteiger charge is -2.20. The molecule has 6 rings (SSSR count). The Bertz CT molecular complexity index is 1800. The number of nitrogens with zero attached hydrogens (tertiary/aromatic N) is 4. The van der Waals surface area contributed by atoms with Crippen LogP contribution in [0.5, 0.6) is 0 Å². The molecule has 0 amide bonds. The number of aromatic amines is 2. The highest BCUT2D eigenvalue weighted by molar-refractivity contribution is 7.15. The summed E-state index contributed by atoms with van der Waals surface area (Å²) < 4.78 is 0. The van der Waals surface area contributed by atoms with Gasteiger partial charge in [0.15, 0.2) is 0 Å². The van der Waals surface area contributed by atoms with E-state index in [-0.39, 0.29) is 5.41 Å². The van der Waals surface area contributed by atoms with E-state index in [0.29, 0.717) is 0 Å². The molecule has 0 aliphatic rings. The van der Waals surface area contributed by atoms with Gasteiger partial charge in [-0.25, -0.2) is 9.97 Å². The van der Waals surface area contributed by atoms with Gasteiger partial charge in [-0.15, -0.1) is 11.3 Å². The summed E-state index contributed by atoms with van der Waals surface area (Å²) in [6.07, 6.45) is 6.35. The summed E-state index contributed by atoms with van der Waals surface area (Å²) in [6, 6.07) is 14.5. The maximum Gasteiger partial charge on any atom is 0.138 e. The number of aryl methyl sites for hydroxylation is 1. The Labute approximate surface area is 225 Å². The summed E-state index contributed by atoms with van der Waals surface area (Å²) >= 11 is 1.78. The number of fused-ring (bicyclic) bond motifs is 2. The van der Waals surface area contributed by atoms with Crippen molar-refractivity contribution in [3.63, 3.8) is 0 Å². The summed E-state index contributed by atoms with van der Waals surface area (Å²) in [4.78, 5) is 20.0. The molecular weight excluding hydrogens is 490 g/mol. The predicted molar refractivity (Wildman–Crippen MR) is 157 cm³/mol. The highest BCUT2D eigenvalue weighted by atomic mass is 32.1. The smallest absolute Gasteiger partial charge is 0.138 e. The molecule has 8 heteroatoms. The molecule has 6 aromatic heterocycles. The zero-order valence-corrected chi connectivity index (χ0v) is 22.7. The number of allylic oxidation sites excluding steroid dienone is 1. The minimum Gasteiger partial charge on any atom is -0.358 e. The number of pyridine rings is 3. The van der Waals surface area contributed by atoms with Crippen LogP contribution in [0.1, 0.15) is 32.1 Å². The molecule has 0 saturated heterocycles. The van der Waals surface area contributed by atoms with E-state index < -0.39 is 0 Å². The van der Waals surface area contributed by atoms with Crippen LogP contribution in [-0.4, -0.2) is 30.1 Å². The second-order valence-electron chi connectivity index (χ2n) is 10.8. The van der Waals surface area contributed by atoms with Crippen molar-refractivity contribution in [1.82, 2.24) is 30.1 Å². The van der Waals surface area contributed by atoms with Crippen molar-refractivity contribution in [2.24, 2.45) is 5.41 Å². The topological polar surface area (TPSA) is 95.2 Å². The minimum atomic E-state index is 0.154. The maximum atomic E-state index is 4.99. The Balaban J connectivity index is 1.36. The van der Waals surface area contributed by atoms with E-state index in [1.165, 1.54) is 9.75 Å². The number of hydrogen-bond donors (Lipinski definition) is 3. The summed E-state index contributed by atoms with van der Waals surface area (Å²) in [5.41, 5.74) is 9.02. The van der Waals surface area contributed by atoms with Gasteiger partial charge in [-0.1, -0.05) is 27.4 Å². The standard InChI is InChI=1S/C30H29N7S/c1-17(14-30(3,4)5)33-20-12-19(15-31-16-20)23-7-8-24-27(34-23)28(37-36-24)25-13-22-21(10-11-32-29(22)35-25)26-9-6-18(2)38-26/h6-13,15-16,33H,1,14H2,2-5H3,(H,32,35)(H,36,37). The van der Waals surface area contributed by atoms with Crippen LogP contribution in [0.15, 0.2) is 73.3 Å². The highest BCUT2D eigenvalue weighted by Crippen LogP contribution is 2.36. The quantitative estimate of drug-likeness (QED) is 0.207.